The molecule has 0 saturated heterocycles. The minimum absolute atomic E-state index is 0.0387. The number of rotatable bonds is 7. The van der Waals surface area contributed by atoms with Crippen LogP contribution < -0.4 is 9.47 Å². The fourth-order valence-electron chi connectivity index (χ4n) is 4.34. The smallest absolute Gasteiger partial charge is 0.341 e. The number of esters is 2. The van der Waals surface area contributed by atoms with Crippen molar-refractivity contribution in [3.8, 4) is 11.5 Å². The molecular formula is C27H27FO6. The van der Waals surface area contributed by atoms with Gasteiger partial charge in [-0.3, -0.25) is 4.79 Å². The molecule has 0 amide bonds. The van der Waals surface area contributed by atoms with Crippen molar-refractivity contribution < 1.29 is 32.9 Å². The maximum absolute atomic E-state index is 14.5. The van der Waals surface area contributed by atoms with Gasteiger partial charge in [-0.1, -0.05) is 42.5 Å². The number of hydrogen-bond donors (Lipinski definition) is 0. The van der Waals surface area contributed by atoms with Crippen LogP contribution in [0.1, 0.15) is 41.6 Å². The lowest BCUT2D eigenvalue weighted by Gasteiger charge is -2.28. The van der Waals surface area contributed by atoms with Crippen molar-refractivity contribution in [1.29, 1.82) is 0 Å². The van der Waals surface area contributed by atoms with Gasteiger partial charge in [0.2, 0.25) is 0 Å². The second kappa shape index (κ2) is 10.5. The molecular weight excluding hydrogens is 439 g/mol. The van der Waals surface area contributed by atoms with E-state index in [0.717, 1.165) is 22.4 Å². The highest BCUT2D eigenvalue weighted by atomic mass is 19.1. The molecule has 178 valence electrons. The third-order valence-corrected chi connectivity index (χ3v) is 6.21. The first-order valence-corrected chi connectivity index (χ1v) is 11.3. The zero-order valence-corrected chi connectivity index (χ0v) is 19.2. The highest BCUT2D eigenvalue weighted by Crippen LogP contribution is 2.33. The largest absolute Gasteiger partial charge is 0.496 e. The standard InChI is InChI=1S/C27H27FO6/c1-31-24-15-23(28)25(14-22(24)27(30)32-2)34-20-12-10-18(11-13-20)26(29)33-16-19-8-5-7-17-6-3-4-9-21(17)19/h3-9,14-15,18,20H,10-13,16H2,1-2H3. The van der Waals surface area contributed by atoms with Crippen molar-refractivity contribution in [2.45, 2.75) is 38.4 Å². The third kappa shape index (κ3) is 5.14. The van der Waals surface area contributed by atoms with Gasteiger partial charge in [-0.05, 0) is 42.0 Å². The molecule has 1 aliphatic carbocycles. The molecule has 0 unspecified atom stereocenters. The van der Waals surface area contributed by atoms with E-state index in [1.807, 2.05) is 42.5 Å². The molecule has 6 nitrogen and oxygen atoms in total. The van der Waals surface area contributed by atoms with Crippen LogP contribution in [-0.2, 0) is 20.9 Å². The van der Waals surface area contributed by atoms with Crippen LogP contribution in [0.5, 0.6) is 11.5 Å². The lowest BCUT2D eigenvalue weighted by molar-refractivity contribution is -0.151. The van der Waals surface area contributed by atoms with Crippen molar-refractivity contribution in [2.24, 2.45) is 5.92 Å². The first-order valence-electron chi connectivity index (χ1n) is 11.3. The van der Waals surface area contributed by atoms with Gasteiger partial charge in [0.1, 0.15) is 17.9 Å². The molecule has 0 spiro atoms. The van der Waals surface area contributed by atoms with E-state index in [2.05, 4.69) is 0 Å². The minimum atomic E-state index is -0.639. The number of benzene rings is 3. The van der Waals surface area contributed by atoms with Gasteiger partial charge in [-0.2, -0.15) is 0 Å². The van der Waals surface area contributed by atoms with Crippen LogP contribution in [0, 0.1) is 11.7 Å². The molecule has 1 fully saturated rings. The summed E-state index contributed by atoms with van der Waals surface area (Å²) in [5.74, 6) is -1.67. The Morgan fingerprint density at radius 2 is 1.68 bits per heavy atom. The molecule has 0 aromatic heterocycles. The molecule has 0 N–H and O–H groups in total. The third-order valence-electron chi connectivity index (χ3n) is 6.21. The van der Waals surface area contributed by atoms with Crippen LogP contribution in [0.15, 0.2) is 54.6 Å². The fraction of sp³-hybridized carbons (Fsp3) is 0.333. The van der Waals surface area contributed by atoms with Crippen LogP contribution in [-0.4, -0.2) is 32.3 Å². The summed E-state index contributed by atoms with van der Waals surface area (Å²) in [7, 11) is 2.59. The molecule has 4 rings (SSSR count). The SMILES string of the molecule is COC(=O)c1cc(OC2CCC(C(=O)OCc3cccc4ccccc34)CC2)c(F)cc1OC. The van der Waals surface area contributed by atoms with Crippen molar-refractivity contribution in [1.82, 2.24) is 0 Å². The first-order chi connectivity index (χ1) is 16.5. The van der Waals surface area contributed by atoms with Gasteiger partial charge in [0.15, 0.2) is 11.6 Å². The summed E-state index contributed by atoms with van der Waals surface area (Å²) in [6.07, 6.45) is 2.05. The Balaban J connectivity index is 1.33. The predicted molar refractivity (Wildman–Crippen MR) is 124 cm³/mol. The molecule has 0 aliphatic heterocycles. The van der Waals surface area contributed by atoms with E-state index < -0.39 is 11.8 Å². The Morgan fingerprint density at radius 1 is 0.941 bits per heavy atom. The molecule has 7 heteroatoms. The summed E-state index contributed by atoms with van der Waals surface area (Å²) < 4.78 is 35.7. The monoisotopic (exact) mass is 466 g/mol. The summed E-state index contributed by atoms with van der Waals surface area (Å²) in [5, 5.41) is 2.18. The average Bonchev–Trinajstić information content (AvgIpc) is 2.88. The maximum atomic E-state index is 14.5. The van der Waals surface area contributed by atoms with Gasteiger partial charge in [0.05, 0.1) is 26.2 Å². The number of carbonyl (C=O) groups is 2. The molecule has 0 bridgehead atoms. The van der Waals surface area contributed by atoms with E-state index >= 15 is 0 Å². The molecule has 3 aromatic rings. The normalized spacial score (nSPS) is 17.7. The fourth-order valence-corrected chi connectivity index (χ4v) is 4.34. The summed E-state index contributed by atoms with van der Waals surface area (Å²) in [4.78, 5) is 24.6. The number of hydrogen-bond acceptors (Lipinski definition) is 6. The van der Waals surface area contributed by atoms with Gasteiger partial charge in [0, 0.05) is 12.1 Å². The topological polar surface area (TPSA) is 71.1 Å². The summed E-state index contributed by atoms with van der Waals surface area (Å²) >= 11 is 0. The predicted octanol–water partition coefficient (Wildman–Crippen LogP) is 5.46. The number of carbonyl (C=O) groups excluding carboxylic acids is 2. The zero-order valence-electron chi connectivity index (χ0n) is 19.2. The minimum Gasteiger partial charge on any atom is -0.496 e. The number of fused-ring (bicyclic) bond motifs is 1. The van der Waals surface area contributed by atoms with E-state index in [0.29, 0.717) is 25.7 Å². The van der Waals surface area contributed by atoms with Crippen molar-refractivity contribution >= 4 is 22.7 Å². The molecule has 0 atom stereocenters. The second-order valence-corrected chi connectivity index (χ2v) is 8.31. The van der Waals surface area contributed by atoms with E-state index in [1.54, 1.807) is 0 Å². The summed E-state index contributed by atoms with van der Waals surface area (Å²) in [6.45, 7) is 0.226. The lowest BCUT2D eigenvalue weighted by Crippen LogP contribution is -2.29. The Morgan fingerprint density at radius 3 is 2.41 bits per heavy atom. The maximum Gasteiger partial charge on any atom is 0.341 e. The van der Waals surface area contributed by atoms with Gasteiger partial charge >= 0.3 is 11.9 Å². The Labute approximate surface area is 197 Å². The van der Waals surface area contributed by atoms with E-state index in [4.69, 9.17) is 18.9 Å². The van der Waals surface area contributed by atoms with E-state index in [9.17, 15) is 14.0 Å². The number of halogens is 1. The molecule has 0 heterocycles. The van der Waals surface area contributed by atoms with Gasteiger partial charge in [-0.25, -0.2) is 9.18 Å². The molecule has 1 aliphatic rings. The van der Waals surface area contributed by atoms with Crippen molar-refractivity contribution in [3.05, 3.63) is 71.5 Å². The van der Waals surface area contributed by atoms with Crippen LogP contribution in [0.3, 0.4) is 0 Å². The molecule has 3 aromatic carbocycles. The first kappa shape index (κ1) is 23.5. The van der Waals surface area contributed by atoms with Crippen molar-refractivity contribution in [3.63, 3.8) is 0 Å². The van der Waals surface area contributed by atoms with Gasteiger partial charge in [-0.15, -0.1) is 0 Å². The number of methoxy groups -OCH3 is 2. The number of ether oxygens (including phenoxy) is 4. The van der Waals surface area contributed by atoms with Crippen LogP contribution in [0.25, 0.3) is 10.8 Å². The summed E-state index contributed by atoms with van der Waals surface area (Å²) in [6, 6.07) is 16.3. The van der Waals surface area contributed by atoms with Crippen LogP contribution >= 0.6 is 0 Å². The Hall–Kier alpha value is -3.61. The van der Waals surface area contributed by atoms with Gasteiger partial charge < -0.3 is 18.9 Å². The Kier molecular flexibility index (Phi) is 7.30. The van der Waals surface area contributed by atoms with E-state index in [-0.39, 0.29) is 41.7 Å². The highest BCUT2D eigenvalue weighted by molar-refractivity contribution is 5.93. The average molecular weight is 467 g/mol. The molecule has 1 saturated carbocycles. The highest BCUT2D eigenvalue weighted by Gasteiger charge is 2.29. The zero-order chi connectivity index (χ0) is 24.1. The molecule has 0 radical (unpaired) electrons. The summed E-state index contributed by atoms with van der Waals surface area (Å²) in [5.41, 5.74) is 1.06. The lowest BCUT2D eigenvalue weighted by atomic mass is 9.87. The quantitative estimate of drug-likeness (QED) is 0.431. The van der Waals surface area contributed by atoms with Crippen LogP contribution in [0.4, 0.5) is 4.39 Å². The van der Waals surface area contributed by atoms with Crippen LogP contribution in [0.2, 0.25) is 0 Å². The Bertz CT molecular complexity index is 1180. The second-order valence-electron chi connectivity index (χ2n) is 8.31. The molecule has 34 heavy (non-hydrogen) atoms. The van der Waals surface area contributed by atoms with Gasteiger partial charge in [0.25, 0.3) is 0 Å². The van der Waals surface area contributed by atoms with E-state index in [1.165, 1.54) is 20.3 Å². The van der Waals surface area contributed by atoms with Crippen molar-refractivity contribution in [2.75, 3.05) is 14.2 Å².